The molecule has 0 bridgehead atoms. The highest BCUT2D eigenvalue weighted by molar-refractivity contribution is 6.33. The average Bonchev–Trinajstić information content (AvgIpc) is 2.28. The van der Waals surface area contributed by atoms with Crippen LogP contribution in [0.15, 0.2) is 18.2 Å². The first-order valence-corrected chi connectivity index (χ1v) is 5.90. The average molecular weight is 243 g/mol. The first-order valence-electron chi connectivity index (χ1n) is 5.52. The Kier molecular flexibility index (Phi) is 5.60. The van der Waals surface area contributed by atoms with E-state index >= 15 is 0 Å². The predicted molar refractivity (Wildman–Crippen MR) is 69.2 cm³/mol. The first-order chi connectivity index (χ1) is 7.74. The van der Waals surface area contributed by atoms with Crippen LogP contribution >= 0.6 is 11.6 Å². The molecule has 1 aromatic carbocycles. The molecule has 4 heteroatoms. The lowest BCUT2D eigenvalue weighted by Crippen LogP contribution is -2.28. The summed E-state index contributed by atoms with van der Waals surface area (Å²) in [6.07, 6.45) is 0. The molecule has 0 aliphatic carbocycles. The van der Waals surface area contributed by atoms with E-state index in [1.54, 1.807) is 0 Å². The second-order valence-corrected chi connectivity index (χ2v) is 3.99. The van der Waals surface area contributed by atoms with E-state index < -0.39 is 0 Å². The molecule has 0 atom stereocenters. The minimum Gasteiger partial charge on any atom is -0.395 e. The fraction of sp³-hybridized carbons (Fsp3) is 0.500. The predicted octanol–water partition coefficient (Wildman–Crippen LogP) is 1.88. The Morgan fingerprint density at radius 3 is 2.75 bits per heavy atom. The van der Waals surface area contributed by atoms with Crippen molar-refractivity contribution in [1.82, 2.24) is 5.32 Å². The van der Waals surface area contributed by atoms with Crippen LogP contribution in [0, 0.1) is 0 Å². The number of halogens is 1. The minimum absolute atomic E-state index is 0.137. The molecule has 0 saturated heterocycles. The van der Waals surface area contributed by atoms with E-state index in [-0.39, 0.29) is 6.61 Å². The maximum Gasteiger partial charge on any atom is 0.0642 e. The fourth-order valence-electron chi connectivity index (χ4n) is 1.80. The molecule has 0 amide bonds. The van der Waals surface area contributed by atoms with E-state index in [9.17, 15) is 0 Å². The molecule has 0 spiro atoms. The number of benzene rings is 1. The van der Waals surface area contributed by atoms with Gasteiger partial charge in [-0.3, -0.25) is 0 Å². The molecule has 1 aromatic rings. The summed E-state index contributed by atoms with van der Waals surface area (Å²) in [5.74, 6) is 0. The molecule has 0 aliphatic rings. The minimum atomic E-state index is 0.137. The lowest BCUT2D eigenvalue weighted by atomic mass is 10.1. The van der Waals surface area contributed by atoms with Gasteiger partial charge in [0.1, 0.15) is 0 Å². The summed E-state index contributed by atoms with van der Waals surface area (Å²) in [4.78, 5) is 2.09. The van der Waals surface area contributed by atoms with Crippen LogP contribution in [-0.2, 0) is 6.54 Å². The standard InChI is InChI=1S/C12H19ClN2O/c1-3-15(7-8-16)12-10(9-14-2)5-4-6-11(12)13/h4-6,14,16H,3,7-9H2,1-2H3. The van der Waals surface area contributed by atoms with Crippen LogP contribution in [0.2, 0.25) is 5.02 Å². The number of aliphatic hydroxyl groups is 1. The second-order valence-electron chi connectivity index (χ2n) is 3.58. The van der Waals surface area contributed by atoms with E-state index in [1.807, 2.05) is 19.2 Å². The number of anilines is 1. The third-order valence-corrected chi connectivity index (χ3v) is 2.81. The largest absolute Gasteiger partial charge is 0.395 e. The van der Waals surface area contributed by atoms with Gasteiger partial charge in [-0.2, -0.15) is 0 Å². The Bertz CT molecular complexity index is 331. The Balaban J connectivity index is 3.06. The molecule has 1 rings (SSSR count). The van der Waals surface area contributed by atoms with Gasteiger partial charge in [0, 0.05) is 19.6 Å². The van der Waals surface area contributed by atoms with Gasteiger partial charge in [0.25, 0.3) is 0 Å². The zero-order valence-electron chi connectivity index (χ0n) is 9.83. The lowest BCUT2D eigenvalue weighted by Gasteiger charge is -2.26. The van der Waals surface area contributed by atoms with E-state index in [0.29, 0.717) is 6.54 Å². The summed E-state index contributed by atoms with van der Waals surface area (Å²) < 4.78 is 0. The molecule has 0 fully saturated rings. The molecular weight excluding hydrogens is 224 g/mol. The number of likely N-dealkylation sites (N-methyl/N-ethyl adjacent to an activating group) is 1. The molecule has 0 aliphatic heterocycles. The number of rotatable bonds is 6. The molecule has 16 heavy (non-hydrogen) atoms. The van der Waals surface area contributed by atoms with Gasteiger partial charge in [-0.1, -0.05) is 23.7 Å². The van der Waals surface area contributed by atoms with E-state index in [2.05, 4.69) is 23.2 Å². The van der Waals surface area contributed by atoms with Crippen molar-refractivity contribution in [3.8, 4) is 0 Å². The van der Waals surface area contributed by atoms with Gasteiger partial charge >= 0.3 is 0 Å². The summed E-state index contributed by atoms with van der Waals surface area (Å²) in [6, 6.07) is 5.89. The summed E-state index contributed by atoms with van der Waals surface area (Å²) in [6.45, 7) is 4.41. The zero-order chi connectivity index (χ0) is 12.0. The van der Waals surface area contributed by atoms with Crippen molar-refractivity contribution >= 4 is 17.3 Å². The van der Waals surface area contributed by atoms with Gasteiger partial charge in [-0.05, 0) is 25.6 Å². The van der Waals surface area contributed by atoms with Crippen LogP contribution in [0.1, 0.15) is 12.5 Å². The van der Waals surface area contributed by atoms with Crippen LogP contribution in [0.25, 0.3) is 0 Å². The highest BCUT2D eigenvalue weighted by atomic mass is 35.5. The number of hydrogen-bond acceptors (Lipinski definition) is 3. The first kappa shape index (κ1) is 13.3. The lowest BCUT2D eigenvalue weighted by molar-refractivity contribution is 0.302. The van der Waals surface area contributed by atoms with Crippen molar-refractivity contribution in [1.29, 1.82) is 0 Å². The smallest absolute Gasteiger partial charge is 0.0642 e. The number of para-hydroxylation sites is 1. The Morgan fingerprint density at radius 1 is 1.44 bits per heavy atom. The summed E-state index contributed by atoms with van der Waals surface area (Å²) in [5.41, 5.74) is 2.18. The highest BCUT2D eigenvalue weighted by Gasteiger charge is 2.12. The number of nitrogens with one attached hydrogen (secondary N) is 1. The van der Waals surface area contributed by atoms with E-state index in [1.165, 1.54) is 0 Å². The molecule has 3 nitrogen and oxygen atoms in total. The zero-order valence-corrected chi connectivity index (χ0v) is 10.6. The third-order valence-electron chi connectivity index (χ3n) is 2.51. The van der Waals surface area contributed by atoms with Crippen molar-refractivity contribution < 1.29 is 5.11 Å². The SMILES string of the molecule is CCN(CCO)c1c(Cl)cccc1CNC. The fourth-order valence-corrected chi connectivity index (χ4v) is 2.11. The van der Waals surface area contributed by atoms with Crippen molar-refractivity contribution in [2.75, 3.05) is 31.6 Å². The van der Waals surface area contributed by atoms with Crippen molar-refractivity contribution in [3.63, 3.8) is 0 Å². The van der Waals surface area contributed by atoms with Crippen molar-refractivity contribution in [2.24, 2.45) is 0 Å². The van der Waals surface area contributed by atoms with E-state index in [0.717, 1.165) is 29.4 Å². The summed E-state index contributed by atoms with van der Waals surface area (Å²) in [7, 11) is 1.91. The van der Waals surface area contributed by atoms with Crippen LogP contribution in [0.5, 0.6) is 0 Å². The molecule has 0 heterocycles. The Labute approximate surface area is 102 Å². The van der Waals surface area contributed by atoms with Gasteiger partial charge in [-0.25, -0.2) is 0 Å². The molecule has 0 aromatic heterocycles. The normalized spacial score (nSPS) is 10.5. The molecule has 0 unspecified atom stereocenters. The third kappa shape index (κ3) is 3.11. The Morgan fingerprint density at radius 2 is 2.19 bits per heavy atom. The van der Waals surface area contributed by atoms with Crippen LogP contribution in [0.4, 0.5) is 5.69 Å². The second kappa shape index (κ2) is 6.74. The van der Waals surface area contributed by atoms with Crippen molar-refractivity contribution in [3.05, 3.63) is 28.8 Å². The van der Waals surface area contributed by atoms with Crippen LogP contribution in [0.3, 0.4) is 0 Å². The van der Waals surface area contributed by atoms with Gasteiger partial charge in [0.05, 0.1) is 17.3 Å². The maximum absolute atomic E-state index is 9.04. The van der Waals surface area contributed by atoms with Gasteiger partial charge in [0.15, 0.2) is 0 Å². The van der Waals surface area contributed by atoms with Gasteiger partial charge in [0.2, 0.25) is 0 Å². The molecular formula is C12H19ClN2O. The monoisotopic (exact) mass is 242 g/mol. The summed E-state index contributed by atoms with van der Waals surface area (Å²) in [5, 5.41) is 12.9. The molecule has 0 saturated carbocycles. The van der Waals surface area contributed by atoms with Crippen LogP contribution < -0.4 is 10.2 Å². The van der Waals surface area contributed by atoms with Crippen molar-refractivity contribution in [2.45, 2.75) is 13.5 Å². The van der Waals surface area contributed by atoms with Gasteiger partial charge in [-0.15, -0.1) is 0 Å². The molecule has 90 valence electrons. The number of aliphatic hydroxyl groups excluding tert-OH is 1. The Hall–Kier alpha value is -0.770. The van der Waals surface area contributed by atoms with E-state index in [4.69, 9.17) is 16.7 Å². The molecule has 2 N–H and O–H groups in total. The maximum atomic E-state index is 9.04. The number of hydrogen-bond donors (Lipinski definition) is 2. The quantitative estimate of drug-likeness (QED) is 0.800. The molecule has 0 radical (unpaired) electrons. The summed E-state index contributed by atoms with van der Waals surface area (Å²) >= 11 is 6.22. The van der Waals surface area contributed by atoms with Crippen LogP contribution in [-0.4, -0.2) is 31.9 Å². The number of nitrogens with zero attached hydrogens (tertiary/aromatic N) is 1. The van der Waals surface area contributed by atoms with Gasteiger partial charge < -0.3 is 15.3 Å². The topological polar surface area (TPSA) is 35.5 Å². The highest BCUT2D eigenvalue weighted by Crippen LogP contribution is 2.29.